The molecule has 1 aliphatic heterocycles. The molecule has 4 nitrogen and oxygen atoms in total. The van der Waals surface area contributed by atoms with Gasteiger partial charge in [0.25, 0.3) is 0 Å². The molecule has 0 spiro atoms. The van der Waals surface area contributed by atoms with E-state index in [9.17, 15) is 4.79 Å². The zero-order valence-corrected chi connectivity index (χ0v) is 16.9. The lowest BCUT2D eigenvalue weighted by atomic mass is 9.48. The molecule has 0 radical (unpaired) electrons. The molecule has 4 aliphatic rings. The van der Waals surface area contributed by atoms with Gasteiger partial charge in [-0.05, 0) is 74.7 Å². The molecule has 0 bridgehead atoms. The normalized spacial score (nSPS) is 44.8. The minimum absolute atomic E-state index is 0.0569. The molecule has 4 heteroatoms. The van der Waals surface area contributed by atoms with Crippen LogP contribution in [-0.2, 0) is 9.53 Å². The molecule has 3 fully saturated rings. The van der Waals surface area contributed by atoms with E-state index in [1.54, 1.807) is 0 Å². The molecule has 0 aromatic carbocycles. The lowest BCUT2D eigenvalue weighted by Crippen LogP contribution is -2.52. The maximum atomic E-state index is 12.6. The molecule has 27 heavy (non-hydrogen) atoms. The molecule has 4 unspecified atom stereocenters. The fraction of sp³-hybridized carbons (Fsp3) is 0.739. The van der Waals surface area contributed by atoms with Gasteiger partial charge in [-0.25, -0.2) is 4.98 Å². The average molecular weight is 369 g/mol. The van der Waals surface area contributed by atoms with E-state index >= 15 is 0 Å². The van der Waals surface area contributed by atoms with E-state index in [0.29, 0.717) is 24.5 Å². The lowest BCUT2D eigenvalue weighted by molar-refractivity contribution is -0.156. The Balaban J connectivity index is 1.45. The molecule has 3 aliphatic carbocycles. The fourth-order valence-corrected chi connectivity index (χ4v) is 7.65. The zero-order valence-electron chi connectivity index (χ0n) is 16.9. The van der Waals surface area contributed by atoms with E-state index in [2.05, 4.69) is 41.7 Å². The van der Waals surface area contributed by atoms with Crippen molar-refractivity contribution in [2.45, 2.75) is 65.3 Å². The zero-order chi connectivity index (χ0) is 18.8. The second-order valence-electron chi connectivity index (χ2n) is 9.79. The van der Waals surface area contributed by atoms with Gasteiger partial charge >= 0.3 is 5.97 Å². The standard InChI is InChI=1S/C23H32N2O2/c1-4-27-21(26)18-7-6-16-15-5-8-19-23(3,17(15)9-11-22(16,18)2)12-10-20-24-13-14-25(19)20/h10,12-19H,4-9,11H2,1-3H3/t15?,16?,17?,18-,19?,22+,23-/m1/s1. The van der Waals surface area contributed by atoms with Crippen molar-refractivity contribution in [3.8, 4) is 0 Å². The first kappa shape index (κ1) is 17.5. The first-order chi connectivity index (χ1) is 13.0. The van der Waals surface area contributed by atoms with Crippen molar-refractivity contribution in [3.05, 3.63) is 24.3 Å². The molecular formula is C23H32N2O2. The van der Waals surface area contributed by atoms with Crippen molar-refractivity contribution in [1.82, 2.24) is 9.55 Å². The molecule has 3 saturated carbocycles. The Hall–Kier alpha value is -1.58. The van der Waals surface area contributed by atoms with E-state index in [4.69, 9.17) is 4.74 Å². The highest BCUT2D eigenvalue weighted by Crippen LogP contribution is 2.67. The van der Waals surface area contributed by atoms with Crippen molar-refractivity contribution in [2.75, 3.05) is 6.61 Å². The third-order valence-electron chi connectivity index (χ3n) is 8.92. The molecule has 0 amide bonds. The minimum atomic E-state index is 0.0569. The Labute approximate surface area is 162 Å². The van der Waals surface area contributed by atoms with Crippen LogP contribution in [0.5, 0.6) is 0 Å². The first-order valence-electron chi connectivity index (χ1n) is 10.9. The summed E-state index contributed by atoms with van der Waals surface area (Å²) >= 11 is 0. The molecule has 5 rings (SSSR count). The smallest absolute Gasteiger partial charge is 0.309 e. The lowest BCUT2D eigenvalue weighted by Gasteiger charge is -2.58. The summed E-state index contributed by atoms with van der Waals surface area (Å²) in [6, 6.07) is 0.535. The first-order valence-corrected chi connectivity index (χ1v) is 10.9. The van der Waals surface area contributed by atoms with Gasteiger partial charge in [0.1, 0.15) is 5.82 Å². The van der Waals surface area contributed by atoms with Gasteiger partial charge in [-0.2, -0.15) is 0 Å². The molecule has 2 heterocycles. The van der Waals surface area contributed by atoms with Crippen LogP contribution in [0.25, 0.3) is 6.08 Å². The van der Waals surface area contributed by atoms with E-state index < -0.39 is 0 Å². The number of esters is 1. The topological polar surface area (TPSA) is 44.1 Å². The minimum Gasteiger partial charge on any atom is -0.466 e. The van der Waals surface area contributed by atoms with Gasteiger partial charge in [0.2, 0.25) is 0 Å². The van der Waals surface area contributed by atoms with Crippen LogP contribution >= 0.6 is 0 Å². The number of allylic oxidation sites excluding steroid dienone is 1. The maximum absolute atomic E-state index is 12.6. The summed E-state index contributed by atoms with van der Waals surface area (Å²) in [5.41, 5.74) is 0.342. The van der Waals surface area contributed by atoms with Crippen molar-refractivity contribution in [3.63, 3.8) is 0 Å². The Morgan fingerprint density at radius 2 is 2.07 bits per heavy atom. The third-order valence-corrected chi connectivity index (χ3v) is 8.92. The van der Waals surface area contributed by atoms with E-state index in [-0.39, 0.29) is 22.7 Å². The van der Waals surface area contributed by atoms with Gasteiger partial charge in [0, 0.05) is 23.9 Å². The maximum Gasteiger partial charge on any atom is 0.309 e. The highest BCUT2D eigenvalue weighted by atomic mass is 16.5. The number of imidazole rings is 1. The van der Waals surface area contributed by atoms with Crippen LogP contribution in [0.15, 0.2) is 18.5 Å². The predicted octanol–water partition coefficient (Wildman–Crippen LogP) is 4.87. The number of ether oxygens (including phenoxy) is 1. The number of aromatic nitrogens is 2. The van der Waals surface area contributed by atoms with Gasteiger partial charge in [-0.1, -0.05) is 19.9 Å². The number of hydrogen-bond acceptors (Lipinski definition) is 3. The summed E-state index contributed by atoms with van der Waals surface area (Å²) in [7, 11) is 0. The number of carbonyl (C=O) groups excluding carboxylic acids is 1. The monoisotopic (exact) mass is 368 g/mol. The van der Waals surface area contributed by atoms with E-state index in [0.717, 1.165) is 24.6 Å². The number of hydrogen-bond donors (Lipinski definition) is 0. The summed E-state index contributed by atoms with van der Waals surface area (Å²) in [4.78, 5) is 17.1. The molecule has 7 atom stereocenters. The Bertz CT molecular complexity index is 783. The van der Waals surface area contributed by atoms with Crippen LogP contribution in [0.3, 0.4) is 0 Å². The SMILES string of the molecule is CCOC(=O)[C@H]1CCC2C3CCC4n5ccnc5C=C[C@]4(C)C3CC[C@@]21C. The summed E-state index contributed by atoms with van der Waals surface area (Å²) in [6.45, 7) is 7.29. The van der Waals surface area contributed by atoms with Crippen LogP contribution in [0.1, 0.15) is 71.2 Å². The quantitative estimate of drug-likeness (QED) is 0.699. The van der Waals surface area contributed by atoms with Gasteiger partial charge in [-0.3, -0.25) is 4.79 Å². The van der Waals surface area contributed by atoms with Crippen molar-refractivity contribution in [1.29, 1.82) is 0 Å². The van der Waals surface area contributed by atoms with Crippen LogP contribution in [0.2, 0.25) is 0 Å². The van der Waals surface area contributed by atoms with Crippen LogP contribution in [0.4, 0.5) is 0 Å². The number of carbonyl (C=O) groups is 1. The Kier molecular flexibility index (Phi) is 3.86. The number of fused-ring (bicyclic) bond motifs is 7. The van der Waals surface area contributed by atoms with Crippen molar-refractivity contribution in [2.24, 2.45) is 34.5 Å². The molecular weight excluding hydrogens is 336 g/mol. The van der Waals surface area contributed by atoms with Crippen molar-refractivity contribution >= 4 is 12.0 Å². The Morgan fingerprint density at radius 3 is 2.89 bits per heavy atom. The molecule has 1 aromatic rings. The second-order valence-corrected chi connectivity index (χ2v) is 9.79. The summed E-state index contributed by atoms with van der Waals surface area (Å²) in [6.07, 6.45) is 15.9. The third kappa shape index (κ3) is 2.28. The van der Waals surface area contributed by atoms with E-state index in [1.165, 1.54) is 25.7 Å². The van der Waals surface area contributed by atoms with Gasteiger partial charge in [0.15, 0.2) is 0 Å². The van der Waals surface area contributed by atoms with Crippen molar-refractivity contribution < 1.29 is 9.53 Å². The van der Waals surface area contributed by atoms with Gasteiger partial charge in [-0.15, -0.1) is 0 Å². The van der Waals surface area contributed by atoms with Crippen LogP contribution in [-0.4, -0.2) is 22.1 Å². The van der Waals surface area contributed by atoms with E-state index in [1.807, 2.05) is 13.1 Å². The van der Waals surface area contributed by atoms with Gasteiger partial charge < -0.3 is 9.30 Å². The number of rotatable bonds is 2. The average Bonchev–Trinajstić information content (AvgIpc) is 3.25. The highest BCUT2D eigenvalue weighted by Gasteiger charge is 2.61. The predicted molar refractivity (Wildman–Crippen MR) is 105 cm³/mol. The van der Waals surface area contributed by atoms with Crippen LogP contribution in [0, 0.1) is 34.5 Å². The summed E-state index contributed by atoms with van der Waals surface area (Å²) < 4.78 is 7.87. The molecule has 146 valence electrons. The summed E-state index contributed by atoms with van der Waals surface area (Å²) in [5.74, 6) is 3.39. The largest absolute Gasteiger partial charge is 0.466 e. The number of nitrogens with zero attached hydrogens (tertiary/aromatic N) is 2. The highest BCUT2D eigenvalue weighted by molar-refractivity contribution is 5.74. The fourth-order valence-electron chi connectivity index (χ4n) is 7.65. The van der Waals surface area contributed by atoms with Crippen LogP contribution < -0.4 is 0 Å². The molecule has 1 aromatic heterocycles. The van der Waals surface area contributed by atoms with Gasteiger partial charge in [0.05, 0.1) is 12.5 Å². The molecule has 0 saturated heterocycles. The second kappa shape index (κ2) is 5.96. The summed E-state index contributed by atoms with van der Waals surface area (Å²) in [5, 5.41) is 0. The molecule has 0 N–H and O–H groups in total. The Morgan fingerprint density at radius 1 is 1.22 bits per heavy atom.